The molecule has 0 aliphatic carbocycles. The molecular formula is C31H26ClN3O2S. The fourth-order valence-electron chi connectivity index (χ4n) is 4.65. The molecule has 5 rings (SSSR count). The van der Waals surface area contributed by atoms with Gasteiger partial charge in [-0.2, -0.15) is 0 Å². The predicted molar refractivity (Wildman–Crippen MR) is 158 cm³/mol. The van der Waals surface area contributed by atoms with Gasteiger partial charge < -0.3 is 4.57 Å². The average Bonchev–Trinajstić information content (AvgIpc) is 3.17. The Morgan fingerprint density at radius 2 is 1.13 bits per heavy atom. The summed E-state index contributed by atoms with van der Waals surface area (Å²) in [5.74, 6) is -0.910. The molecule has 190 valence electrons. The van der Waals surface area contributed by atoms with Gasteiger partial charge in [-0.25, -0.2) is 0 Å². The second kappa shape index (κ2) is 10.0. The van der Waals surface area contributed by atoms with Crippen molar-refractivity contribution in [1.29, 1.82) is 0 Å². The molecule has 4 aromatic rings. The summed E-state index contributed by atoms with van der Waals surface area (Å²) in [6, 6.07) is 24.5. The molecule has 0 saturated carbocycles. The number of halogens is 1. The number of nitrogens with zero attached hydrogens (tertiary/aromatic N) is 3. The van der Waals surface area contributed by atoms with Gasteiger partial charge in [-0.05, 0) is 106 Å². The van der Waals surface area contributed by atoms with E-state index in [9.17, 15) is 9.59 Å². The molecule has 1 aromatic heterocycles. The van der Waals surface area contributed by atoms with Crippen LogP contribution in [0.3, 0.4) is 0 Å². The number of aryl methyl sites for hydroxylation is 3. The molecule has 38 heavy (non-hydrogen) atoms. The fraction of sp³-hybridized carbons (Fsp3) is 0.129. The number of anilines is 2. The Morgan fingerprint density at radius 3 is 1.61 bits per heavy atom. The molecule has 0 bridgehead atoms. The monoisotopic (exact) mass is 539 g/mol. The second-order valence-corrected chi connectivity index (χ2v) is 10.2. The first-order chi connectivity index (χ1) is 18.2. The number of amides is 2. The summed E-state index contributed by atoms with van der Waals surface area (Å²) in [5, 5.41) is 0.775. The molecule has 0 unspecified atom stereocenters. The van der Waals surface area contributed by atoms with Crippen molar-refractivity contribution in [3.8, 4) is 5.69 Å². The van der Waals surface area contributed by atoms with Crippen molar-refractivity contribution in [3.05, 3.63) is 118 Å². The van der Waals surface area contributed by atoms with Crippen LogP contribution >= 0.6 is 23.8 Å². The van der Waals surface area contributed by atoms with E-state index in [4.69, 9.17) is 23.8 Å². The lowest BCUT2D eigenvalue weighted by Gasteiger charge is -2.36. The average molecular weight is 540 g/mol. The van der Waals surface area contributed by atoms with Gasteiger partial charge in [-0.15, -0.1) is 0 Å². The second-order valence-electron chi connectivity index (χ2n) is 9.43. The SMILES string of the molecule is Cc1ccc(N2C(=O)C(=Cc3cc(C)n(-c4ccc(Cl)cc4)c3C)C(=O)N(c3ccc(C)cc3)C2=S)cc1. The van der Waals surface area contributed by atoms with Crippen molar-refractivity contribution in [3.63, 3.8) is 0 Å². The standard InChI is InChI=1S/C31H26ClN3O2S/c1-19-5-11-26(12-6-19)34-29(36)28(30(37)35(31(34)38)27-13-7-20(2)8-14-27)18-23-17-21(3)33(22(23)4)25-15-9-24(32)10-16-25/h5-18H,1-4H3. The van der Waals surface area contributed by atoms with Crippen LogP contribution in [0.25, 0.3) is 11.8 Å². The summed E-state index contributed by atoms with van der Waals surface area (Å²) in [5.41, 5.74) is 6.94. The highest BCUT2D eigenvalue weighted by Gasteiger charge is 2.41. The maximum absolute atomic E-state index is 13.9. The lowest BCUT2D eigenvalue weighted by atomic mass is 10.0. The Labute approximate surface area is 232 Å². The quantitative estimate of drug-likeness (QED) is 0.158. The number of carbonyl (C=O) groups is 2. The van der Waals surface area contributed by atoms with E-state index in [0.717, 1.165) is 33.8 Å². The van der Waals surface area contributed by atoms with Crippen LogP contribution in [-0.4, -0.2) is 21.5 Å². The van der Waals surface area contributed by atoms with Crippen molar-refractivity contribution in [2.75, 3.05) is 9.80 Å². The Balaban J connectivity index is 1.65. The molecule has 0 N–H and O–H groups in total. The number of rotatable bonds is 4. The summed E-state index contributed by atoms with van der Waals surface area (Å²) >= 11 is 11.8. The summed E-state index contributed by atoms with van der Waals surface area (Å²) in [7, 11) is 0. The fourth-order valence-corrected chi connectivity index (χ4v) is 5.15. The highest BCUT2D eigenvalue weighted by molar-refractivity contribution is 7.81. The van der Waals surface area contributed by atoms with Crippen LogP contribution in [0.1, 0.15) is 28.1 Å². The molecule has 0 atom stereocenters. The topological polar surface area (TPSA) is 45.6 Å². The summed E-state index contributed by atoms with van der Waals surface area (Å²) < 4.78 is 2.07. The van der Waals surface area contributed by atoms with E-state index in [0.29, 0.717) is 16.4 Å². The van der Waals surface area contributed by atoms with Crippen LogP contribution in [-0.2, 0) is 9.59 Å². The Hall–Kier alpha value is -4.00. The first-order valence-electron chi connectivity index (χ1n) is 12.2. The van der Waals surface area contributed by atoms with E-state index in [1.54, 1.807) is 6.08 Å². The van der Waals surface area contributed by atoms with Crippen molar-refractivity contribution in [1.82, 2.24) is 4.57 Å². The van der Waals surface area contributed by atoms with Gasteiger partial charge in [0.05, 0.1) is 11.4 Å². The van der Waals surface area contributed by atoms with E-state index in [2.05, 4.69) is 4.57 Å². The van der Waals surface area contributed by atoms with E-state index in [1.807, 2.05) is 107 Å². The molecule has 5 nitrogen and oxygen atoms in total. The van der Waals surface area contributed by atoms with Gasteiger partial charge >= 0.3 is 0 Å². The normalized spacial score (nSPS) is 13.9. The van der Waals surface area contributed by atoms with E-state index < -0.39 is 11.8 Å². The number of hydrogen-bond donors (Lipinski definition) is 0. The highest BCUT2D eigenvalue weighted by atomic mass is 35.5. The maximum Gasteiger partial charge on any atom is 0.270 e. The summed E-state index contributed by atoms with van der Waals surface area (Å²) in [4.78, 5) is 30.6. The maximum atomic E-state index is 13.9. The first-order valence-corrected chi connectivity index (χ1v) is 13.0. The van der Waals surface area contributed by atoms with E-state index >= 15 is 0 Å². The van der Waals surface area contributed by atoms with Gasteiger partial charge in [0.25, 0.3) is 11.8 Å². The zero-order valence-corrected chi connectivity index (χ0v) is 23.1. The minimum atomic E-state index is -0.455. The van der Waals surface area contributed by atoms with Crippen molar-refractivity contribution in [2.24, 2.45) is 0 Å². The van der Waals surface area contributed by atoms with Crippen LogP contribution in [0.4, 0.5) is 11.4 Å². The van der Waals surface area contributed by atoms with Gasteiger partial charge in [-0.3, -0.25) is 19.4 Å². The molecule has 2 heterocycles. The Kier molecular flexibility index (Phi) is 6.78. The van der Waals surface area contributed by atoms with Gasteiger partial charge in [0, 0.05) is 22.1 Å². The molecule has 2 amide bonds. The molecule has 1 fully saturated rings. The van der Waals surface area contributed by atoms with Crippen LogP contribution < -0.4 is 9.80 Å². The Morgan fingerprint density at radius 1 is 0.684 bits per heavy atom. The van der Waals surface area contributed by atoms with E-state index in [-0.39, 0.29) is 10.7 Å². The molecule has 0 spiro atoms. The van der Waals surface area contributed by atoms with Crippen molar-refractivity contribution in [2.45, 2.75) is 27.7 Å². The zero-order valence-electron chi connectivity index (χ0n) is 21.5. The number of hydrogen-bond acceptors (Lipinski definition) is 3. The van der Waals surface area contributed by atoms with Gasteiger partial charge in [0.1, 0.15) is 5.57 Å². The number of benzene rings is 3. The molecule has 1 saturated heterocycles. The van der Waals surface area contributed by atoms with Crippen LogP contribution in [0.2, 0.25) is 5.02 Å². The minimum Gasteiger partial charge on any atom is -0.318 e. The molecule has 1 aliphatic heterocycles. The third-order valence-corrected chi connectivity index (χ3v) is 7.31. The lowest BCUT2D eigenvalue weighted by Crippen LogP contribution is -2.56. The van der Waals surface area contributed by atoms with Gasteiger partial charge in [-0.1, -0.05) is 47.0 Å². The van der Waals surface area contributed by atoms with Crippen molar-refractivity contribution >= 4 is 58.2 Å². The van der Waals surface area contributed by atoms with Gasteiger partial charge in [0.2, 0.25) is 0 Å². The van der Waals surface area contributed by atoms with Crippen LogP contribution in [0, 0.1) is 27.7 Å². The van der Waals surface area contributed by atoms with E-state index in [1.165, 1.54) is 9.80 Å². The van der Waals surface area contributed by atoms with Crippen LogP contribution in [0.5, 0.6) is 0 Å². The lowest BCUT2D eigenvalue weighted by molar-refractivity contribution is -0.120. The van der Waals surface area contributed by atoms with Gasteiger partial charge in [0.15, 0.2) is 5.11 Å². The van der Waals surface area contributed by atoms with Crippen LogP contribution in [0.15, 0.2) is 84.4 Å². The number of thiocarbonyl (C=S) groups is 1. The molecule has 1 aliphatic rings. The summed E-state index contributed by atoms with van der Waals surface area (Å²) in [6.45, 7) is 7.90. The Bertz CT molecular complexity index is 1530. The third-order valence-electron chi connectivity index (χ3n) is 6.69. The minimum absolute atomic E-state index is 0.0381. The molecule has 0 radical (unpaired) electrons. The summed E-state index contributed by atoms with van der Waals surface area (Å²) in [6.07, 6.45) is 1.67. The molecule has 3 aromatic carbocycles. The number of aromatic nitrogens is 1. The predicted octanol–water partition coefficient (Wildman–Crippen LogP) is 7.11. The zero-order chi connectivity index (χ0) is 27.1. The first kappa shape index (κ1) is 25.6. The highest BCUT2D eigenvalue weighted by Crippen LogP contribution is 2.31. The smallest absolute Gasteiger partial charge is 0.270 e. The molecular weight excluding hydrogens is 514 g/mol. The third kappa shape index (κ3) is 4.57. The molecule has 7 heteroatoms. The van der Waals surface area contributed by atoms with Crippen molar-refractivity contribution < 1.29 is 9.59 Å². The number of carbonyl (C=O) groups excluding carboxylic acids is 2. The largest absolute Gasteiger partial charge is 0.318 e.